The van der Waals surface area contributed by atoms with Crippen LogP contribution in [0.25, 0.3) is 16.9 Å². The number of nitrogens with zero attached hydrogens (tertiary/aromatic N) is 5. The van der Waals surface area contributed by atoms with E-state index in [1.54, 1.807) is 28.0 Å². The van der Waals surface area contributed by atoms with Crippen molar-refractivity contribution in [3.63, 3.8) is 0 Å². The van der Waals surface area contributed by atoms with Crippen molar-refractivity contribution >= 4 is 11.6 Å². The standard InChI is InChI=1S/C26H22N6O2/c33-26(29-21-10-7-13-23(16-21)34-15-14-31-19-27-18-28-31)24-17-32(22-11-5-2-6-12-22)30-25(24)20-8-3-1-4-9-20/h1-13,16-19H,14-15H2,(H,29,33). The second kappa shape index (κ2) is 9.83. The minimum atomic E-state index is -0.249. The highest BCUT2D eigenvalue weighted by molar-refractivity contribution is 6.08. The summed E-state index contributed by atoms with van der Waals surface area (Å²) in [6, 6.07) is 26.7. The molecule has 168 valence electrons. The lowest BCUT2D eigenvalue weighted by atomic mass is 10.1. The summed E-state index contributed by atoms with van der Waals surface area (Å²) in [5.74, 6) is 0.405. The van der Waals surface area contributed by atoms with Crippen molar-refractivity contribution in [2.45, 2.75) is 6.54 Å². The average molecular weight is 451 g/mol. The van der Waals surface area contributed by atoms with Gasteiger partial charge in [-0.3, -0.25) is 4.79 Å². The van der Waals surface area contributed by atoms with E-state index in [4.69, 9.17) is 9.84 Å². The van der Waals surface area contributed by atoms with E-state index in [2.05, 4.69) is 15.4 Å². The van der Waals surface area contributed by atoms with E-state index >= 15 is 0 Å². The summed E-state index contributed by atoms with van der Waals surface area (Å²) in [6.07, 6.45) is 4.88. The van der Waals surface area contributed by atoms with Crippen LogP contribution < -0.4 is 10.1 Å². The number of aromatic nitrogens is 5. The van der Waals surface area contributed by atoms with E-state index in [0.29, 0.717) is 35.8 Å². The maximum Gasteiger partial charge on any atom is 0.259 e. The number of hydrogen-bond donors (Lipinski definition) is 1. The minimum absolute atomic E-state index is 0.249. The number of nitrogens with one attached hydrogen (secondary N) is 1. The monoisotopic (exact) mass is 450 g/mol. The van der Waals surface area contributed by atoms with E-state index in [-0.39, 0.29) is 5.91 Å². The second-order valence-electron chi connectivity index (χ2n) is 7.53. The van der Waals surface area contributed by atoms with Gasteiger partial charge in [-0.25, -0.2) is 14.3 Å². The Morgan fingerprint density at radius 1 is 0.941 bits per heavy atom. The molecule has 2 aromatic heterocycles. The molecule has 0 atom stereocenters. The summed E-state index contributed by atoms with van der Waals surface area (Å²) in [7, 11) is 0. The molecule has 34 heavy (non-hydrogen) atoms. The molecular weight excluding hydrogens is 428 g/mol. The topological polar surface area (TPSA) is 86.9 Å². The van der Waals surface area contributed by atoms with E-state index in [0.717, 1.165) is 11.3 Å². The maximum atomic E-state index is 13.3. The normalized spacial score (nSPS) is 10.7. The SMILES string of the molecule is O=C(Nc1cccc(OCCn2cncn2)c1)c1cn(-c2ccccc2)nc1-c1ccccc1. The van der Waals surface area contributed by atoms with Gasteiger partial charge in [-0.05, 0) is 24.3 Å². The third-order valence-corrected chi connectivity index (χ3v) is 5.17. The van der Waals surface area contributed by atoms with Crippen LogP contribution in [-0.2, 0) is 6.54 Å². The lowest BCUT2D eigenvalue weighted by Crippen LogP contribution is -2.13. The van der Waals surface area contributed by atoms with Crippen molar-refractivity contribution in [3.05, 3.63) is 109 Å². The fraction of sp³-hybridized carbons (Fsp3) is 0.0769. The number of anilines is 1. The Labute approximate surface area is 196 Å². The van der Waals surface area contributed by atoms with E-state index in [1.807, 2.05) is 78.9 Å². The Morgan fingerprint density at radius 2 is 1.74 bits per heavy atom. The van der Waals surface area contributed by atoms with Crippen LogP contribution in [0.3, 0.4) is 0 Å². The number of ether oxygens (including phenoxy) is 1. The van der Waals surface area contributed by atoms with Gasteiger partial charge in [-0.15, -0.1) is 0 Å². The van der Waals surface area contributed by atoms with Gasteiger partial charge in [-0.1, -0.05) is 54.6 Å². The zero-order valence-electron chi connectivity index (χ0n) is 18.3. The summed E-state index contributed by atoms with van der Waals surface area (Å²) in [5, 5.41) is 11.7. The predicted molar refractivity (Wildman–Crippen MR) is 129 cm³/mol. The number of para-hydroxylation sites is 1. The first-order valence-electron chi connectivity index (χ1n) is 10.8. The predicted octanol–water partition coefficient (Wildman–Crippen LogP) is 4.46. The van der Waals surface area contributed by atoms with Crippen LogP contribution in [0.1, 0.15) is 10.4 Å². The number of amides is 1. The molecule has 0 bridgehead atoms. The molecule has 0 unspecified atom stereocenters. The van der Waals surface area contributed by atoms with Crippen molar-refractivity contribution in [2.75, 3.05) is 11.9 Å². The Bertz CT molecular complexity index is 1370. The smallest absolute Gasteiger partial charge is 0.259 e. The zero-order chi connectivity index (χ0) is 23.2. The van der Waals surface area contributed by atoms with Crippen molar-refractivity contribution < 1.29 is 9.53 Å². The van der Waals surface area contributed by atoms with Crippen molar-refractivity contribution in [1.82, 2.24) is 24.5 Å². The summed E-state index contributed by atoms with van der Waals surface area (Å²) in [6.45, 7) is 1.01. The van der Waals surface area contributed by atoms with E-state index in [1.165, 1.54) is 6.33 Å². The molecule has 1 N–H and O–H groups in total. The molecule has 0 aliphatic carbocycles. The molecule has 0 radical (unpaired) electrons. The number of carbonyl (C=O) groups excluding carboxylic acids is 1. The van der Waals surface area contributed by atoms with E-state index in [9.17, 15) is 4.79 Å². The molecule has 0 saturated heterocycles. The van der Waals surface area contributed by atoms with Gasteiger partial charge in [-0.2, -0.15) is 10.2 Å². The van der Waals surface area contributed by atoms with Crippen molar-refractivity contribution in [2.24, 2.45) is 0 Å². The minimum Gasteiger partial charge on any atom is -0.492 e. The van der Waals surface area contributed by atoms with Gasteiger partial charge in [0.2, 0.25) is 0 Å². The van der Waals surface area contributed by atoms with E-state index < -0.39 is 0 Å². The molecule has 2 heterocycles. The number of hydrogen-bond acceptors (Lipinski definition) is 5. The zero-order valence-corrected chi connectivity index (χ0v) is 18.3. The van der Waals surface area contributed by atoms with Gasteiger partial charge >= 0.3 is 0 Å². The van der Waals surface area contributed by atoms with Crippen LogP contribution in [0.15, 0.2) is 104 Å². The molecule has 0 saturated carbocycles. The fourth-order valence-electron chi connectivity index (χ4n) is 3.53. The summed E-state index contributed by atoms with van der Waals surface area (Å²) in [5.41, 5.74) is 3.47. The van der Waals surface area contributed by atoms with Gasteiger partial charge in [0.25, 0.3) is 5.91 Å². The first kappa shape index (κ1) is 21.1. The molecule has 8 nitrogen and oxygen atoms in total. The highest BCUT2D eigenvalue weighted by Crippen LogP contribution is 2.25. The Balaban J connectivity index is 1.36. The van der Waals surface area contributed by atoms with Crippen molar-refractivity contribution in [3.8, 4) is 22.7 Å². The molecule has 5 aromatic rings. The largest absolute Gasteiger partial charge is 0.492 e. The third kappa shape index (κ3) is 4.86. The second-order valence-corrected chi connectivity index (χ2v) is 7.53. The van der Waals surface area contributed by atoms with Crippen LogP contribution in [0.2, 0.25) is 0 Å². The average Bonchev–Trinajstić information content (AvgIpc) is 3.56. The van der Waals surface area contributed by atoms with Crippen LogP contribution in [0.5, 0.6) is 5.75 Å². The van der Waals surface area contributed by atoms with Crippen LogP contribution in [-0.4, -0.2) is 37.1 Å². The summed E-state index contributed by atoms with van der Waals surface area (Å²) < 4.78 is 9.22. The fourth-order valence-corrected chi connectivity index (χ4v) is 3.53. The molecule has 0 spiro atoms. The lowest BCUT2D eigenvalue weighted by Gasteiger charge is -2.09. The Kier molecular flexibility index (Phi) is 6.11. The quantitative estimate of drug-likeness (QED) is 0.377. The van der Waals surface area contributed by atoms with Gasteiger partial charge in [0.05, 0.1) is 17.8 Å². The molecule has 5 rings (SSSR count). The number of benzene rings is 3. The van der Waals surface area contributed by atoms with Gasteiger partial charge < -0.3 is 10.1 Å². The lowest BCUT2D eigenvalue weighted by molar-refractivity contribution is 0.102. The summed E-state index contributed by atoms with van der Waals surface area (Å²) in [4.78, 5) is 17.2. The molecule has 3 aromatic carbocycles. The van der Waals surface area contributed by atoms with Gasteiger partial charge in [0.15, 0.2) is 0 Å². The van der Waals surface area contributed by atoms with Gasteiger partial charge in [0.1, 0.15) is 30.7 Å². The number of carbonyl (C=O) groups is 1. The molecule has 8 heteroatoms. The molecular formula is C26H22N6O2. The van der Waals surface area contributed by atoms with Crippen molar-refractivity contribution in [1.29, 1.82) is 0 Å². The van der Waals surface area contributed by atoms with Crippen LogP contribution in [0, 0.1) is 0 Å². The maximum absolute atomic E-state index is 13.3. The number of rotatable bonds is 8. The highest BCUT2D eigenvalue weighted by atomic mass is 16.5. The van der Waals surface area contributed by atoms with Gasteiger partial charge in [0, 0.05) is 23.5 Å². The highest BCUT2D eigenvalue weighted by Gasteiger charge is 2.19. The molecule has 0 fully saturated rings. The molecule has 0 aliphatic rings. The molecule has 0 aliphatic heterocycles. The first-order valence-corrected chi connectivity index (χ1v) is 10.8. The first-order chi connectivity index (χ1) is 16.8. The summed E-state index contributed by atoms with van der Waals surface area (Å²) >= 11 is 0. The Hall–Kier alpha value is -4.72. The molecule has 1 amide bonds. The van der Waals surface area contributed by atoms with Crippen LogP contribution >= 0.6 is 0 Å². The third-order valence-electron chi connectivity index (χ3n) is 5.17. The van der Waals surface area contributed by atoms with Crippen LogP contribution in [0.4, 0.5) is 5.69 Å². The Morgan fingerprint density at radius 3 is 2.50 bits per heavy atom.